The molecule has 0 bridgehead atoms. The first-order valence-electron chi connectivity index (χ1n) is 13.2. The van der Waals surface area contributed by atoms with Crippen molar-refractivity contribution in [3.63, 3.8) is 0 Å². The summed E-state index contributed by atoms with van der Waals surface area (Å²) in [4.78, 5) is 31.9. The van der Waals surface area contributed by atoms with Crippen LogP contribution in [0.5, 0.6) is 0 Å². The van der Waals surface area contributed by atoms with Gasteiger partial charge in [-0.3, -0.25) is 19.4 Å². The second kappa shape index (κ2) is 12.6. The van der Waals surface area contributed by atoms with E-state index in [-0.39, 0.29) is 24.1 Å². The van der Waals surface area contributed by atoms with E-state index in [1.54, 1.807) is 0 Å². The van der Waals surface area contributed by atoms with E-state index in [2.05, 4.69) is 45.2 Å². The lowest BCUT2D eigenvalue weighted by Gasteiger charge is -2.43. The highest BCUT2D eigenvalue weighted by Crippen LogP contribution is 2.29. The molecule has 212 valence electrons. The van der Waals surface area contributed by atoms with Crippen LogP contribution < -0.4 is 15.5 Å². The number of piperazine rings is 1. The predicted octanol–water partition coefficient (Wildman–Crippen LogP) is 3.88. The number of rotatable bonds is 8. The SMILES string of the molecule is CC(C(C)N1CC[C@@H](NC(=O)CNC(=O)c2cccc(C(F)(F)F)c2)C1)N1CCN(c2cccc(Cl)c2)CC1. The van der Waals surface area contributed by atoms with Crippen LogP contribution in [0.15, 0.2) is 48.5 Å². The fourth-order valence-corrected chi connectivity index (χ4v) is 5.51. The van der Waals surface area contributed by atoms with Gasteiger partial charge in [0.15, 0.2) is 0 Å². The molecular formula is C28H35ClF3N5O2. The number of nitrogens with one attached hydrogen (secondary N) is 2. The number of likely N-dealkylation sites (tertiary alicyclic amines) is 1. The van der Waals surface area contributed by atoms with Crippen LogP contribution in [0.1, 0.15) is 36.2 Å². The van der Waals surface area contributed by atoms with Crippen molar-refractivity contribution in [3.8, 4) is 0 Å². The number of nitrogens with zero attached hydrogens (tertiary/aromatic N) is 3. The number of hydrogen-bond acceptors (Lipinski definition) is 5. The Morgan fingerprint density at radius 3 is 2.36 bits per heavy atom. The zero-order valence-corrected chi connectivity index (χ0v) is 22.9. The van der Waals surface area contributed by atoms with Crippen molar-refractivity contribution in [1.82, 2.24) is 20.4 Å². The summed E-state index contributed by atoms with van der Waals surface area (Å²) in [6.07, 6.45) is -3.74. The smallest absolute Gasteiger partial charge is 0.369 e. The van der Waals surface area contributed by atoms with Gasteiger partial charge in [-0.15, -0.1) is 0 Å². The van der Waals surface area contributed by atoms with E-state index in [1.807, 2.05) is 18.2 Å². The van der Waals surface area contributed by atoms with Gasteiger partial charge in [0.25, 0.3) is 5.91 Å². The van der Waals surface area contributed by atoms with E-state index in [9.17, 15) is 22.8 Å². The van der Waals surface area contributed by atoms with E-state index in [4.69, 9.17) is 11.6 Å². The van der Waals surface area contributed by atoms with Crippen molar-refractivity contribution in [2.45, 2.75) is 44.6 Å². The fraction of sp³-hybridized carbons (Fsp3) is 0.500. The largest absolute Gasteiger partial charge is 0.416 e. The minimum absolute atomic E-state index is 0.0442. The van der Waals surface area contributed by atoms with E-state index >= 15 is 0 Å². The molecular weight excluding hydrogens is 531 g/mol. The lowest BCUT2D eigenvalue weighted by molar-refractivity contribution is -0.137. The Bertz CT molecular complexity index is 1160. The molecule has 2 saturated heterocycles. The van der Waals surface area contributed by atoms with E-state index < -0.39 is 17.6 Å². The number of carbonyl (C=O) groups excluding carboxylic acids is 2. The van der Waals surface area contributed by atoms with Crippen molar-refractivity contribution >= 4 is 29.1 Å². The Kier molecular flexibility index (Phi) is 9.40. The number of benzene rings is 2. The van der Waals surface area contributed by atoms with Crippen LogP contribution in [-0.2, 0) is 11.0 Å². The topological polar surface area (TPSA) is 67.9 Å². The highest BCUT2D eigenvalue weighted by Gasteiger charge is 2.33. The van der Waals surface area contributed by atoms with Crippen LogP contribution in [0.3, 0.4) is 0 Å². The van der Waals surface area contributed by atoms with Gasteiger partial charge in [0.2, 0.25) is 5.91 Å². The average molecular weight is 566 g/mol. The number of halogens is 4. The first-order chi connectivity index (χ1) is 18.5. The summed E-state index contributed by atoms with van der Waals surface area (Å²) in [7, 11) is 0. The summed E-state index contributed by atoms with van der Waals surface area (Å²) in [6, 6.07) is 12.7. The molecule has 2 aliphatic rings. The first-order valence-corrected chi connectivity index (χ1v) is 13.6. The zero-order valence-electron chi connectivity index (χ0n) is 22.2. The van der Waals surface area contributed by atoms with Crippen LogP contribution in [0.2, 0.25) is 5.02 Å². The highest BCUT2D eigenvalue weighted by molar-refractivity contribution is 6.30. The summed E-state index contributed by atoms with van der Waals surface area (Å²) in [5.74, 6) is -1.08. The third-order valence-electron chi connectivity index (χ3n) is 7.78. The van der Waals surface area contributed by atoms with Crippen LogP contribution in [0.25, 0.3) is 0 Å². The van der Waals surface area contributed by atoms with Crippen LogP contribution in [0.4, 0.5) is 18.9 Å². The summed E-state index contributed by atoms with van der Waals surface area (Å²) < 4.78 is 38.7. The van der Waals surface area contributed by atoms with Crippen molar-refractivity contribution in [1.29, 1.82) is 0 Å². The minimum Gasteiger partial charge on any atom is -0.369 e. The molecule has 2 unspecified atom stereocenters. The van der Waals surface area contributed by atoms with Crippen molar-refractivity contribution in [3.05, 3.63) is 64.7 Å². The monoisotopic (exact) mass is 565 g/mol. The lowest BCUT2D eigenvalue weighted by atomic mass is 10.1. The second-order valence-electron chi connectivity index (χ2n) is 10.3. The normalized spacial score (nSPS) is 20.5. The maximum atomic E-state index is 12.9. The van der Waals surface area contributed by atoms with E-state index in [0.717, 1.165) is 62.0 Å². The Morgan fingerprint density at radius 1 is 0.974 bits per heavy atom. The van der Waals surface area contributed by atoms with Gasteiger partial charge >= 0.3 is 6.18 Å². The maximum absolute atomic E-state index is 12.9. The molecule has 2 N–H and O–H groups in total. The molecule has 4 rings (SSSR count). The van der Waals surface area contributed by atoms with Crippen molar-refractivity contribution in [2.24, 2.45) is 0 Å². The van der Waals surface area contributed by atoms with Crippen molar-refractivity contribution in [2.75, 3.05) is 50.7 Å². The molecule has 7 nitrogen and oxygen atoms in total. The standard InChI is InChI=1S/C28H35ClF3N5O2/c1-19(35-11-13-36(14-12-35)25-8-4-7-23(29)16-25)20(2)37-10-9-24(18-37)34-26(38)17-33-27(39)21-5-3-6-22(15-21)28(30,31)32/h3-8,15-16,19-20,24H,9-14,17-18H2,1-2H3,(H,33,39)(H,34,38)/t19?,20?,24-/m1/s1. The minimum atomic E-state index is -4.54. The molecule has 2 aromatic rings. The van der Waals surface area contributed by atoms with Gasteiger partial charge < -0.3 is 15.5 Å². The second-order valence-corrected chi connectivity index (χ2v) is 10.7. The molecule has 2 aromatic carbocycles. The summed E-state index contributed by atoms with van der Waals surface area (Å²) in [5, 5.41) is 6.10. The third kappa shape index (κ3) is 7.64. The third-order valence-corrected chi connectivity index (χ3v) is 8.02. The molecule has 39 heavy (non-hydrogen) atoms. The van der Waals surface area contributed by atoms with Gasteiger partial charge in [-0.05, 0) is 56.7 Å². The Labute approximate surface area is 232 Å². The molecule has 0 radical (unpaired) electrons. The number of hydrogen-bond donors (Lipinski definition) is 2. The molecule has 3 atom stereocenters. The Morgan fingerprint density at radius 2 is 1.67 bits per heavy atom. The average Bonchev–Trinajstić information content (AvgIpc) is 3.39. The van der Waals surface area contributed by atoms with Gasteiger partial charge in [-0.2, -0.15) is 13.2 Å². The number of anilines is 1. The van der Waals surface area contributed by atoms with Gasteiger partial charge in [0, 0.05) is 73.7 Å². The molecule has 0 aliphatic carbocycles. The quantitative estimate of drug-likeness (QED) is 0.509. The van der Waals surface area contributed by atoms with Gasteiger partial charge in [-0.1, -0.05) is 23.7 Å². The van der Waals surface area contributed by atoms with Crippen molar-refractivity contribution < 1.29 is 22.8 Å². The van der Waals surface area contributed by atoms with Gasteiger partial charge in [-0.25, -0.2) is 0 Å². The summed E-state index contributed by atoms with van der Waals surface area (Å²) in [5.41, 5.74) is 0.102. The fourth-order valence-electron chi connectivity index (χ4n) is 5.32. The highest BCUT2D eigenvalue weighted by atomic mass is 35.5. The van der Waals surface area contributed by atoms with E-state index in [1.165, 1.54) is 12.1 Å². The van der Waals surface area contributed by atoms with Crippen LogP contribution in [0, 0.1) is 0 Å². The summed E-state index contributed by atoms with van der Waals surface area (Å²) in [6.45, 7) is 9.51. The summed E-state index contributed by atoms with van der Waals surface area (Å²) >= 11 is 6.15. The molecule has 0 saturated carbocycles. The lowest BCUT2D eigenvalue weighted by Crippen LogP contribution is -2.55. The van der Waals surface area contributed by atoms with E-state index in [0.29, 0.717) is 18.6 Å². The molecule has 0 spiro atoms. The van der Waals surface area contributed by atoms with Crippen LogP contribution >= 0.6 is 11.6 Å². The number of amides is 2. The van der Waals surface area contributed by atoms with Gasteiger partial charge in [0.05, 0.1) is 12.1 Å². The Hall–Kier alpha value is -2.82. The molecule has 2 aliphatic heterocycles. The molecule has 0 aromatic heterocycles. The number of alkyl halides is 3. The zero-order chi connectivity index (χ0) is 28.2. The first kappa shape index (κ1) is 29.2. The molecule has 2 heterocycles. The molecule has 2 amide bonds. The Balaban J connectivity index is 1.20. The maximum Gasteiger partial charge on any atom is 0.416 e. The number of carbonyl (C=O) groups is 2. The molecule has 2 fully saturated rings. The predicted molar refractivity (Wildman–Crippen MR) is 146 cm³/mol. The van der Waals surface area contributed by atoms with Gasteiger partial charge in [0.1, 0.15) is 0 Å². The molecule has 11 heteroatoms. The van der Waals surface area contributed by atoms with Crippen LogP contribution in [-0.4, -0.2) is 85.6 Å².